The lowest BCUT2D eigenvalue weighted by Gasteiger charge is -2.08. The molecular formula is C20H18ClFN4. The zero-order valence-corrected chi connectivity index (χ0v) is 14.6. The molecule has 0 spiro atoms. The van der Waals surface area contributed by atoms with Crippen molar-refractivity contribution in [3.63, 3.8) is 0 Å². The number of benzene rings is 3. The van der Waals surface area contributed by atoms with Gasteiger partial charge in [0.25, 0.3) is 0 Å². The molecule has 0 aliphatic heterocycles. The zero-order chi connectivity index (χ0) is 18.0. The normalized spacial score (nSPS) is 10.0. The van der Waals surface area contributed by atoms with Gasteiger partial charge in [-0.3, -0.25) is 10.8 Å². The van der Waals surface area contributed by atoms with E-state index in [4.69, 9.17) is 22.3 Å². The summed E-state index contributed by atoms with van der Waals surface area (Å²) in [7, 11) is 0. The fourth-order valence-electron chi connectivity index (χ4n) is 2.60. The average Bonchev–Trinajstić information content (AvgIpc) is 2.62. The number of nitrogens with one attached hydrogen (secondary N) is 2. The van der Waals surface area contributed by atoms with E-state index in [1.807, 2.05) is 18.2 Å². The Labute approximate surface area is 157 Å². The minimum atomic E-state index is -0.330. The quantitative estimate of drug-likeness (QED) is 0.411. The molecule has 0 heterocycles. The van der Waals surface area contributed by atoms with Crippen LogP contribution in [0.4, 0.5) is 4.39 Å². The second kappa shape index (κ2) is 7.80. The number of amidine groups is 2. The van der Waals surface area contributed by atoms with Crippen LogP contribution in [0.15, 0.2) is 66.7 Å². The number of hydrogen-bond acceptors (Lipinski definition) is 2. The van der Waals surface area contributed by atoms with Gasteiger partial charge in [0.05, 0.1) is 0 Å². The van der Waals surface area contributed by atoms with Crippen LogP contribution in [0.25, 0.3) is 22.3 Å². The molecule has 0 aliphatic rings. The number of halogens is 2. The van der Waals surface area contributed by atoms with Gasteiger partial charge in [-0.15, -0.1) is 12.4 Å². The molecule has 132 valence electrons. The average molecular weight is 369 g/mol. The Bertz CT molecular complexity index is 951. The largest absolute Gasteiger partial charge is 0.384 e. The van der Waals surface area contributed by atoms with Crippen LogP contribution in [0.2, 0.25) is 0 Å². The molecule has 4 nitrogen and oxygen atoms in total. The van der Waals surface area contributed by atoms with Gasteiger partial charge >= 0.3 is 0 Å². The topological polar surface area (TPSA) is 99.7 Å². The van der Waals surface area contributed by atoms with Gasteiger partial charge in [-0.1, -0.05) is 60.7 Å². The van der Waals surface area contributed by atoms with Crippen molar-refractivity contribution in [1.29, 1.82) is 10.8 Å². The summed E-state index contributed by atoms with van der Waals surface area (Å²) >= 11 is 0. The van der Waals surface area contributed by atoms with Gasteiger partial charge in [0.1, 0.15) is 17.5 Å². The van der Waals surface area contributed by atoms with Gasteiger partial charge in [-0.2, -0.15) is 0 Å². The van der Waals surface area contributed by atoms with Crippen LogP contribution in [0, 0.1) is 16.6 Å². The van der Waals surface area contributed by atoms with Crippen molar-refractivity contribution in [2.24, 2.45) is 11.5 Å². The van der Waals surface area contributed by atoms with E-state index in [9.17, 15) is 4.39 Å². The molecule has 0 unspecified atom stereocenters. The van der Waals surface area contributed by atoms with E-state index >= 15 is 0 Å². The SMILES string of the molecule is Cl.N=C(N)c1ccc(-c2ccc(-c3ccc(C(=N)N)cc3)c(F)c2)cc1. The van der Waals surface area contributed by atoms with E-state index in [-0.39, 0.29) is 29.9 Å². The molecule has 3 rings (SSSR count). The fraction of sp³-hybridized carbons (Fsp3) is 0. The highest BCUT2D eigenvalue weighted by atomic mass is 35.5. The molecule has 0 amide bonds. The van der Waals surface area contributed by atoms with E-state index in [1.54, 1.807) is 42.5 Å². The van der Waals surface area contributed by atoms with E-state index in [0.717, 1.165) is 16.7 Å². The molecule has 0 aliphatic carbocycles. The zero-order valence-electron chi connectivity index (χ0n) is 13.8. The van der Waals surface area contributed by atoms with Crippen molar-refractivity contribution in [3.05, 3.63) is 83.7 Å². The highest BCUT2D eigenvalue weighted by molar-refractivity contribution is 5.96. The summed E-state index contributed by atoms with van der Waals surface area (Å²) in [4.78, 5) is 0. The molecule has 6 N–H and O–H groups in total. The number of hydrogen-bond donors (Lipinski definition) is 4. The van der Waals surface area contributed by atoms with Crippen LogP contribution < -0.4 is 11.5 Å². The second-order valence-corrected chi connectivity index (χ2v) is 5.68. The van der Waals surface area contributed by atoms with Crippen LogP contribution in [0.3, 0.4) is 0 Å². The monoisotopic (exact) mass is 368 g/mol. The molecule has 26 heavy (non-hydrogen) atoms. The summed E-state index contributed by atoms with van der Waals surface area (Å²) in [5.41, 5.74) is 14.9. The minimum absolute atomic E-state index is 0. The first-order valence-corrected chi connectivity index (χ1v) is 7.65. The Hall–Kier alpha value is -3.18. The second-order valence-electron chi connectivity index (χ2n) is 5.68. The highest BCUT2D eigenvalue weighted by Crippen LogP contribution is 2.28. The maximum Gasteiger partial charge on any atom is 0.131 e. The standard InChI is InChI=1S/C20H17FN4.ClH/c21-18-11-16(12-1-5-14(6-2-12)19(22)23)9-10-17(18)13-3-7-15(8-4-13)20(24)25;/h1-11H,(H3,22,23)(H3,24,25);1H. The fourth-order valence-corrected chi connectivity index (χ4v) is 2.60. The molecule has 6 heteroatoms. The summed E-state index contributed by atoms with van der Waals surface area (Å²) in [6, 6.07) is 19.1. The maximum atomic E-state index is 14.6. The van der Waals surface area contributed by atoms with E-state index in [0.29, 0.717) is 16.7 Å². The van der Waals surface area contributed by atoms with Gasteiger partial charge in [-0.25, -0.2) is 4.39 Å². The lowest BCUT2D eigenvalue weighted by Crippen LogP contribution is -2.10. The number of nitrogen functional groups attached to an aromatic ring is 2. The summed E-state index contributed by atoms with van der Waals surface area (Å²) in [6.45, 7) is 0. The van der Waals surface area contributed by atoms with Gasteiger partial charge in [0, 0.05) is 16.7 Å². The first-order chi connectivity index (χ1) is 12.0. The Morgan fingerprint density at radius 2 is 1.08 bits per heavy atom. The Morgan fingerprint density at radius 1 is 0.654 bits per heavy atom. The third-order valence-corrected chi connectivity index (χ3v) is 4.01. The van der Waals surface area contributed by atoms with Crippen LogP contribution >= 0.6 is 12.4 Å². The Morgan fingerprint density at radius 3 is 1.50 bits per heavy atom. The van der Waals surface area contributed by atoms with Gasteiger partial charge in [-0.05, 0) is 22.8 Å². The first kappa shape index (κ1) is 19.1. The molecule has 0 bridgehead atoms. The molecule has 3 aromatic rings. The summed E-state index contributed by atoms with van der Waals surface area (Å²) in [6.07, 6.45) is 0. The lowest BCUT2D eigenvalue weighted by atomic mass is 9.98. The van der Waals surface area contributed by atoms with E-state index < -0.39 is 0 Å². The molecule has 0 radical (unpaired) electrons. The predicted molar refractivity (Wildman–Crippen MR) is 107 cm³/mol. The molecule has 0 fully saturated rings. The van der Waals surface area contributed by atoms with E-state index in [2.05, 4.69) is 0 Å². The molecule has 0 atom stereocenters. The Balaban J connectivity index is 0.00000243. The van der Waals surface area contributed by atoms with Crippen LogP contribution in [0.5, 0.6) is 0 Å². The van der Waals surface area contributed by atoms with E-state index in [1.165, 1.54) is 6.07 Å². The van der Waals surface area contributed by atoms with Crippen molar-refractivity contribution in [2.45, 2.75) is 0 Å². The van der Waals surface area contributed by atoms with Gasteiger partial charge in [0.2, 0.25) is 0 Å². The van der Waals surface area contributed by atoms with Crippen molar-refractivity contribution in [2.75, 3.05) is 0 Å². The Kier molecular flexibility index (Phi) is 5.75. The smallest absolute Gasteiger partial charge is 0.131 e. The molecule has 0 aromatic heterocycles. The third kappa shape index (κ3) is 3.90. The summed E-state index contributed by atoms with van der Waals surface area (Å²) < 4.78 is 14.6. The van der Waals surface area contributed by atoms with Crippen LogP contribution in [-0.2, 0) is 0 Å². The van der Waals surface area contributed by atoms with Crippen molar-refractivity contribution in [1.82, 2.24) is 0 Å². The van der Waals surface area contributed by atoms with Gasteiger partial charge < -0.3 is 11.5 Å². The molecular weight excluding hydrogens is 351 g/mol. The van der Waals surface area contributed by atoms with Crippen molar-refractivity contribution >= 4 is 24.1 Å². The van der Waals surface area contributed by atoms with Crippen LogP contribution in [0.1, 0.15) is 11.1 Å². The van der Waals surface area contributed by atoms with Crippen molar-refractivity contribution in [3.8, 4) is 22.3 Å². The molecule has 0 saturated heterocycles. The first-order valence-electron chi connectivity index (χ1n) is 7.65. The molecule has 3 aromatic carbocycles. The number of nitrogens with two attached hydrogens (primary N) is 2. The lowest BCUT2D eigenvalue weighted by molar-refractivity contribution is 0.632. The maximum absolute atomic E-state index is 14.6. The van der Waals surface area contributed by atoms with Crippen LogP contribution in [-0.4, -0.2) is 11.7 Å². The summed E-state index contributed by atoms with van der Waals surface area (Å²) in [5, 5.41) is 14.8. The van der Waals surface area contributed by atoms with Gasteiger partial charge in [0.15, 0.2) is 0 Å². The van der Waals surface area contributed by atoms with Crippen molar-refractivity contribution < 1.29 is 4.39 Å². The number of rotatable bonds is 4. The predicted octanol–water partition coefficient (Wildman–Crippen LogP) is 4.15. The minimum Gasteiger partial charge on any atom is -0.384 e. The summed E-state index contributed by atoms with van der Waals surface area (Å²) in [5.74, 6) is -0.345. The highest BCUT2D eigenvalue weighted by Gasteiger charge is 2.08. The third-order valence-electron chi connectivity index (χ3n) is 4.01. The molecule has 0 saturated carbocycles.